The first kappa shape index (κ1) is 9.06. The molecule has 1 heterocycles. The van der Waals surface area contributed by atoms with Gasteiger partial charge in [0.25, 0.3) is 0 Å². The Balaban J connectivity index is 2.28. The van der Waals surface area contributed by atoms with Crippen molar-refractivity contribution in [3.63, 3.8) is 0 Å². The van der Waals surface area contributed by atoms with Crippen LogP contribution in [-0.2, 0) is 4.79 Å². The molecule has 14 heavy (non-hydrogen) atoms. The van der Waals surface area contributed by atoms with Crippen molar-refractivity contribution < 1.29 is 14.6 Å². The average Bonchev–Trinajstić information content (AvgIpc) is 2.47. The van der Waals surface area contributed by atoms with Crippen LogP contribution in [0.3, 0.4) is 0 Å². The summed E-state index contributed by atoms with van der Waals surface area (Å²) in [4.78, 5) is 10.6. The van der Waals surface area contributed by atoms with Gasteiger partial charge in [-0.05, 0) is 13.0 Å². The van der Waals surface area contributed by atoms with Gasteiger partial charge in [0.1, 0.15) is 5.75 Å². The molecule has 1 aliphatic heterocycles. The van der Waals surface area contributed by atoms with Crippen molar-refractivity contribution in [2.75, 3.05) is 6.61 Å². The lowest BCUT2D eigenvalue weighted by Gasteiger charge is -2.04. The number of benzene rings is 1. The van der Waals surface area contributed by atoms with Crippen LogP contribution >= 0.6 is 0 Å². The van der Waals surface area contributed by atoms with E-state index in [0.717, 1.165) is 16.9 Å². The maximum Gasteiger partial charge on any atom is 0.304 e. The molecule has 0 amide bonds. The summed E-state index contributed by atoms with van der Waals surface area (Å²) in [7, 11) is 0. The summed E-state index contributed by atoms with van der Waals surface area (Å²) in [6, 6.07) is 5.89. The monoisotopic (exact) mass is 192 g/mol. The molecule has 0 saturated carbocycles. The lowest BCUT2D eigenvalue weighted by Crippen LogP contribution is -2.07. The quantitative estimate of drug-likeness (QED) is 0.779. The lowest BCUT2D eigenvalue weighted by atomic mass is 9.96. The van der Waals surface area contributed by atoms with Crippen LogP contribution in [0.2, 0.25) is 0 Å². The maximum atomic E-state index is 10.6. The molecule has 1 aliphatic rings. The fourth-order valence-electron chi connectivity index (χ4n) is 1.78. The van der Waals surface area contributed by atoms with E-state index in [-0.39, 0.29) is 12.3 Å². The minimum absolute atomic E-state index is 0.0161. The zero-order valence-electron chi connectivity index (χ0n) is 7.99. The van der Waals surface area contributed by atoms with Crippen molar-refractivity contribution in [2.24, 2.45) is 0 Å². The first-order valence-electron chi connectivity index (χ1n) is 4.62. The van der Waals surface area contributed by atoms with Gasteiger partial charge in [-0.25, -0.2) is 0 Å². The number of fused-ring (bicyclic) bond motifs is 1. The molecule has 74 valence electrons. The minimum atomic E-state index is -0.770. The lowest BCUT2D eigenvalue weighted by molar-refractivity contribution is -0.137. The topological polar surface area (TPSA) is 46.5 Å². The van der Waals surface area contributed by atoms with E-state index in [2.05, 4.69) is 0 Å². The molecule has 0 radical (unpaired) electrons. The van der Waals surface area contributed by atoms with Crippen molar-refractivity contribution in [3.05, 3.63) is 29.3 Å². The first-order chi connectivity index (χ1) is 6.66. The molecule has 0 fully saturated rings. The Kier molecular flexibility index (Phi) is 2.15. The van der Waals surface area contributed by atoms with Gasteiger partial charge in [-0.1, -0.05) is 17.7 Å². The number of ether oxygens (including phenoxy) is 1. The molecule has 0 bridgehead atoms. The van der Waals surface area contributed by atoms with Gasteiger partial charge in [-0.2, -0.15) is 0 Å². The van der Waals surface area contributed by atoms with Crippen molar-refractivity contribution in [1.29, 1.82) is 0 Å². The molecule has 2 rings (SSSR count). The summed E-state index contributed by atoms with van der Waals surface area (Å²) in [5, 5.41) is 8.71. The van der Waals surface area contributed by atoms with Gasteiger partial charge < -0.3 is 9.84 Å². The Bertz CT molecular complexity index is 371. The van der Waals surface area contributed by atoms with Gasteiger partial charge in [-0.3, -0.25) is 4.79 Å². The summed E-state index contributed by atoms with van der Waals surface area (Å²) in [5.41, 5.74) is 2.18. The van der Waals surface area contributed by atoms with E-state index < -0.39 is 5.97 Å². The van der Waals surface area contributed by atoms with Crippen LogP contribution in [0, 0.1) is 6.92 Å². The molecule has 3 nitrogen and oxygen atoms in total. The second-order valence-electron chi connectivity index (χ2n) is 3.65. The zero-order valence-corrected chi connectivity index (χ0v) is 7.99. The molecule has 1 unspecified atom stereocenters. The number of carboxylic acid groups (broad SMARTS) is 1. The van der Waals surface area contributed by atoms with E-state index in [1.165, 1.54) is 0 Å². The highest BCUT2D eigenvalue weighted by atomic mass is 16.5. The number of carbonyl (C=O) groups is 1. The SMILES string of the molecule is Cc1ccc2c(c1)C(CC(=O)O)CO2. The summed E-state index contributed by atoms with van der Waals surface area (Å²) < 4.78 is 5.40. The molecular weight excluding hydrogens is 180 g/mol. The normalized spacial score (nSPS) is 18.8. The molecule has 3 heteroatoms. The van der Waals surface area contributed by atoms with Crippen LogP contribution in [0.5, 0.6) is 5.75 Å². The van der Waals surface area contributed by atoms with Crippen LogP contribution in [0.25, 0.3) is 0 Å². The fourth-order valence-corrected chi connectivity index (χ4v) is 1.78. The fraction of sp³-hybridized carbons (Fsp3) is 0.364. The highest BCUT2D eigenvalue weighted by molar-refractivity contribution is 5.68. The molecule has 0 spiro atoms. The van der Waals surface area contributed by atoms with Gasteiger partial charge in [0, 0.05) is 11.5 Å². The Morgan fingerprint density at radius 1 is 1.64 bits per heavy atom. The standard InChI is InChI=1S/C11H12O3/c1-7-2-3-10-9(4-7)8(6-14-10)5-11(12)13/h2-4,8H,5-6H2,1H3,(H,12,13). The van der Waals surface area contributed by atoms with Crippen molar-refractivity contribution in [3.8, 4) is 5.75 Å². The van der Waals surface area contributed by atoms with Crippen LogP contribution in [0.4, 0.5) is 0 Å². The Morgan fingerprint density at radius 3 is 3.14 bits per heavy atom. The second kappa shape index (κ2) is 3.33. The van der Waals surface area contributed by atoms with Gasteiger partial charge in [0.15, 0.2) is 0 Å². The van der Waals surface area contributed by atoms with Gasteiger partial charge in [0.05, 0.1) is 13.0 Å². The van der Waals surface area contributed by atoms with Crippen LogP contribution in [0.1, 0.15) is 23.5 Å². The summed E-state index contributed by atoms with van der Waals surface area (Å²) >= 11 is 0. The van der Waals surface area contributed by atoms with Crippen molar-refractivity contribution >= 4 is 5.97 Å². The van der Waals surface area contributed by atoms with Gasteiger partial charge >= 0.3 is 5.97 Å². The third-order valence-corrected chi connectivity index (χ3v) is 2.47. The summed E-state index contributed by atoms with van der Waals surface area (Å²) in [5.74, 6) is 0.0807. The Morgan fingerprint density at radius 2 is 2.43 bits per heavy atom. The smallest absolute Gasteiger partial charge is 0.304 e. The number of hydrogen-bond acceptors (Lipinski definition) is 2. The molecule has 1 atom stereocenters. The van der Waals surface area contributed by atoms with Gasteiger partial charge in [0.2, 0.25) is 0 Å². The third-order valence-electron chi connectivity index (χ3n) is 2.47. The predicted molar refractivity (Wildman–Crippen MR) is 51.7 cm³/mol. The molecular formula is C11H12O3. The van der Waals surface area contributed by atoms with E-state index in [4.69, 9.17) is 9.84 Å². The molecule has 1 aromatic rings. The summed E-state index contributed by atoms with van der Waals surface area (Å²) in [6.45, 7) is 2.49. The van der Waals surface area contributed by atoms with E-state index in [1.807, 2.05) is 25.1 Å². The average molecular weight is 192 g/mol. The van der Waals surface area contributed by atoms with Crippen LogP contribution < -0.4 is 4.74 Å². The highest BCUT2D eigenvalue weighted by Crippen LogP contribution is 2.36. The summed E-state index contributed by atoms with van der Waals surface area (Å²) in [6.07, 6.45) is 0.149. The van der Waals surface area contributed by atoms with Crippen LogP contribution in [0.15, 0.2) is 18.2 Å². The molecule has 0 aliphatic carbocycles. The maximum absolute atomic E-state index is 10.6. The van der Waals surface area contributed by atoms with Crippen LogP contribution in [-0.4, -0.2) is 17.7 Å². The molecule has 0 saturated heterocycles. The number of rotatable bonds is 2. The van der Waals surface area contributed by atoms with Crippen molar-refractivity contribution in [2.45, 2.75) is 19.3 Å². The van der Waals surface area contributed by atoms with E-state index in [0.29, 0.717) is 6.61 Å². The second-order valence-corrected chi connectivity index (χ2v) is 3.65. The predicted octanol–water partition coefficient (Wildman–Crippen LogP) is 1.95. The molecule has 0 aromatic heterocycles. The Labute approximate surface area is 82.3 Å². The van der Waals surface area contributed by atoms with E-state index >= 15 is 0 Å². The third kappa shape index (κ3) is 1.58. The van der Waals surface area contributed by atoms with Gasteiger partial charge in [-0.15, -0.1) is 0 Å². The molecule has 1 aromatic carbocycles. The number of hydrogen-bond donors (Lipinski definition) is 1. The molecule has 1 N–H and O–H groups in total. The largest absolute Gasteiger partial charge is 0.493 e. The number of carboxylic acids is 1. The minimum Gasteiger partial charge on any atom is -0.493 e. The zero-order chi connectivity index (χ0) is 10.1. The number of aliphatic carboxylic acids is 1. The Hall–Kier alpha value is -1.51. The number of aryl methyl sites for hydroxylation is 1. The van der Waals surface area contributed by atoms with E-state index in [9.17, 15) is 4.79 Å². The van der Waals surface area contributed by atoms with E-state index in [1.54, 1.807) is 0 Å². The van der Waals surface area contributed by atoms with Crippen molar-refractivity contribution in [1.82, 2.24) is 0 Å². The highest BCUT2D eigenvalue weighted by Gasteiger charge is 2.25. The first-order valence-corrected chi connectivity index (χ1v) is 4.62.